The topological polar surface area (TPSA) is 81.1 Å². The second-order valence-corrected chi connectivity index (χ2v) is 10.2. The van der Waals surface area contributed by atoms with Crippen LogP contribution in [0.1, 0.15) is 16.8 Å². The first-order chi connectivity index (χ1) is 15.4. The largest absolute Gasteiger partial charge is 0.348 e. The van der Waals surface area contributed by atoms with Gasteiger partial charge in [0, 0.05) is 52.4 Å². The summed E-state index contributed by atoms with van der Waals surface area (Å²) in [6.07, 6.45) is 5.84. The molecule has 5 rings (SSSR count). The number of carbonyl (C=O) groups is 1. The Kier molecular flexibility index (Phi) is 5.01. The molecule has 0 bridgehead atoms. The van der Waals surface area contributed by atoms with E-state index in [9.17, 15) is 17.6 Å². The first kappa shape index (κ1) is 20.4. The number of nitrogens with zero attached hydrogens (tertiary/aromatic N) is 2. The van der Waals surface area contributed by atoms with E-state index in [1.54, 1.807) is 36.7 Å². The average Bonchev–Trinajstić information content (AvgIpc) is 3.34. The summed E-state index contributed by atoms with van der Waals surface area (Å²) in [5.74, 6) is -0.579. The zero-order chi connectivity index (χ0) is 22.3. The summed E-state index contributed by atoms with van der Waals surface area (Å²) in [6, 6.07) is 15.0. The third-order valence-electron chi connectivity index (χ3n) is 5.71. The van der Waals surface area contributed by atoms with Gasteiger partial charge in [0.25, 0.3) is 5.91 Å². The van der Waals surface area contributed by atoms with Gasteiger partial charge >= 0.3 is 0 Å². The molecule has 1 aliphatic rings. The van der Waals surface area contributed by atoms with Crippen LogP contribution in [0.3, 0.4) is 0 Å². The van der Waals surface area contributed by atoms with E-state index in [0.29, 0.717) is 12.0 Å². The molecule has 0 radical (unpaired) electrons. The summed E-state index contributed by atoms with van der Waals surface area (Å²) < 4.78 is 38.8. The number of sulfone groups is 1. The van der Waals surface area contributed by atoms with Gasteiger partial charge in [-0.15, -0.1) is 0 Å². The monoisotopic (exact) mass is 449 g/mol. The molecule has 1 unspecified atom stereocenters. The Balaban J connectivity index is 1.58. The number of hydrogen-bond donors (Lipinski definition) is 1. The fourth-order valence-corrected chi connectivity index (χ4v) is 5.79. The highest BCUT2D eigenvalue weighted by Crippen LogP contribution is 2.33. The number of amides is 1. The van der Waals surface area contributed by atoms with Crippen molar-refractivity contribution in [3.05, 3.63) is 84.6 Å². The summed E-state index contributed by atoms with van der Waals surface area (Å²) in [5, 5.41) is 3.75. The van der Waals surface area contributed by atoms with Gasteiger partial charge in [-0.2, -0.15) is 0 Å². The van der Waals surface area contributed by atoms with Crippen LogP contribution in [0.5, 0.6) is 0 Å². The second-order valence-electron chi connectivity index (χ2n) is 7.94. The molecule has 0 spiro atoms. The van der Waals surface area contributed by atoms with Gasteiger partial charge in [-0.05, 0) is 48.9 Å². The van der Waals surface area contributed by atoms with Crippen LogP contribution in [0.4, 0.5) is 4.39 Å². The number of carbonyl (C=O) groups excluding carboxylic acids is 1. The minimum atomic E-state index is -3.09. The van der Waals surface area contributed by atoms with Crippen LogP contribution in [0.15, 0.2) is 73.2 Å². The van der Waals surface area contributed by atoms with E-state index in [1.807, 2.05) is 29.0 Å². The lowest BCUT2D eigenvalue weighted by Crippen LogP contribution is -2.35. The molecule has 2 aromatic carbocycles. The summed E-state index contributed by atoms with van der Waals surface area (Å²) in [7, 11) is -3.09. The number of fused-ring (bicyclic) bond motifs is 1. The Hall–Kier alpha value is -3.52. The normalized spacial score (nSPS) is 17.5. The lowest BCUT2D eigenvalue weighted by atomic mass is 10.0. The minimum Gasteiger partial charge on any atom is -0.348 e. The van der Waals surface area contributed by atoms with Gasteiger partial charge in [0.1, 0.15) is 5.82 Å². The van der Waals surface area contributed by atoms with Gasteiger partial charge in [-0.1, -0.05) is 12.1 Å². The number of benzene rings is 2. The van der Waals surface area contributed by atoms with Crippen molar-refractivity contribution in [3.8, 4) is 16.8 Å². The van der Waals surface area contributed by atoms with Crippen LogP contribution in [0.2, 0.25) is 0 Å². The Morgan fingerprint density at radius 1 is 1.12 bits per heavy atom. The van der Waals surface area contributed by atoms with Crippen LogP contribution >= 0.6 is 0 Å². The number of hydrogen-bond acceptors (Lipinski definition) is 4. The Bertz CT molecular complexity index is 1410. The summed E-state index contributed by atoms with van der Waals surface area (Å²) >= 11 is 0. The minimum absolute atomic E-state index is 0.0297. The SMILES string of the molecule is O=C(NC1CCS(=O)(=O)C1)c1ccc2c(-c3cccnc3)cn(-c3ccc(F)cc3)c2c1. The summed E-state index contributed by atoms with van der Waals surface area (Å²) in [6.45, 7) is 0. The molecule has 3 heterocycles. The molecule has 162 valence electrons. The second kappa shape index (κ2) is 7.87. The Morgan fingerprint density at radius 3 is 2.62 bits per heavy atom. The van der Waals surface area contributed by atoms with Crippen molar-refractivity contribution in [2.75, 3.05) is 11.5 Å². The van der Waals surface area contributed by atoms with Crippen molar-refractivity contribution >= 4 is 26.6 Å². The van der Waals surface area contributed by atoms with Crippen LogP contribution < -0.4 is 5.32 Å². The lowest BCUT2D eigenvalue weighted by molar-refractivity contribution is 0.0941. The third-order valence-corrected chi connectivity index (χ3v) is 7.48. The molecule has 1 N–H and O–H groups in total. The van der Waals surface area contributed by atoms with Crippen LogP contribution in [-0.2, 0) is 9.84 Å². The third kappa shape index (κ3) is 3.89. The van der Waals surface area contributed by atoms with E-state index in [1.165, 1.54) is 12.1 Å². The molecular weight excluding hydrogens is 429 g/mol. The van der Waals surface area contributed by atoms with Crippen LogP contribution in [0.25, 0.3) is 27.7 Å². The van der Waals surface area contributed by atoms with Crippen molar-refractivity contribution in [1.29, 1.82) is 0 Å². The molecule has 4 aromatic rings. The maximum Gasteiger partial charge on any atom is 0.251 e. The molecular formula is C24H20FN3O3S. The maximum absolute atomic E-state index is 13.5. The van der Waals surface area contributed by atoms with E-state index < -0.39 is 9.84 Å². The standard InChI is InChI=1S/C24H20FN3O3S/c25-18-4-6-20(7-5-18)28-14-22(17-2-1-10-26-13-17)21-8-3-16(12-23(21)28)24(29)27-19-9-11-32(30,31)15-19/h1-8,10,12-14,19H,9,11,15H2,(H,27,29). The van der Waals surface area contributed by atoms with Gasteiger partial charge in [0.2, 0.25) is 0 Å². The van der Waals surface area contributed by atoms with E-state index in [0.717, 1.165) is 27.7 Å². The van der Waals surface area contributed by atoms with Crippen LogP contribution in [-0.4, -0.2) is 41.4 Å². The van der Waals surface area contributed by atoms with Crippen molar-refractivity contribution in [3.63, 3.8) is 0 Å². The molecule has 0 aliphatic carbocycles. The highest BCUT2D eigenvalue weighted by atomic mass is 32.2. The van der Waals surface area contributed by atoms with Crippen molar-refractivity contribution in [1.82, 2.24) is 14.9 Å². The molecule has 0 saturated carbocycles. The zero-order valence-electron chi connectivity index (χ0n) is 17.0. The molecule has 1 saturated heterocycles. The molecule has 2 aromatic heterocycles. The predicted molar refractivity (Wildman–Crippen MR) is 121 cm³/mol. The van der Waals surface area contributed by atoms with Gasteiger partial charge in [-0.3, -0.25) is 9.78 Å². The fourth-order valence-electron chi connectivity index (χ4n) is 4.11. The highest BCUT2D eigenvalue weighted by molar-refractivity contribution is 7.91. The molecule has 32 heavy (non-hydrogen) atoms. The highest BCUT2D eigenvalue weighted by Gasteiger charge is 2.29. The quantitative estimate of drug-likeness (QED) is 0.515. The molecule has 6 nitrogen and oxygen atoms in total. The zero-order valence-corrected chi connectivity index (χ0v) is 17.8. The van der Waals surface area contributed by atoms with E-state index in [-0.39, 0.29) is 29.3 Å². The van der Waals surface area contributed by atoms with Crippen molar-refractivity contribution in [2.24, 2.45) is 0 Å². The Labute approximate surface area is 184 Å². The maximum atomic E-state index is 13.5. The van der Waals surface area contributed by atoms with Crippen molar-refractivity contribution < 1.29 is 17.6 Å². The first-order valence-electron chi connectivity index (χ1n) is 10.2. The van der Waals surface area contributed by atoms with Crippen molar-refractivity contribution in [2.45, 2.75) is 12.5 Å². The van der Waals surface area contributed by atoms with E-state index in [4.69, 9.17) is 0 Å². The van der Waals surface area contributed by atoms with E-state index >= 15 is 0 Å². The summed E-state index contributed by atoms with van der Waals surface area (Å²) in [4.78, 5) is 17.1. The van der Waals surface area contributed by atoms with Crippen LogP contribution in [0, 0.1) is 5.82 Å². The number of nitrogens with one attached hydrogen (secondary N) is 1. The lowest BCUT2D eigenvalue weighted by Gasteiger charge is -2.12. The molecule has 1 amide bonds. The smallest absolute Gasteiger partial charge is 0.251 e. The first-order valence-corrected chi connectivity index (χ1v) is 12.0. The van der Waals surface area contributed by atoms with Gasteiger partial charge < -0.3 is 9.88 Å². The van der Waals surface area contributed by atoms with E-state index in [2.05, 4.69) is 10.3 Å². The number of halogens is 1. The predicted octanol–water partition coefficient (Wildman–Crippen LogP) is 3.75. The van der Waals surface area contributed by atoms with Gasteiger partial charge in [0.15, 0.2) is 9.84 Å². The molecule has 1 fully saturated rings. The average molecular weight is 450 g/mol. The number of aromatic nitrogens is 2. The molecule has 1 atom stereocenters. The van der Waals surface area contributed by atoms with Gasteiger partial charge in [-0.25, -0.2) is 12.8 Å². The fraction of sp³-hybridized carbons (Fsp3) is 0.167. The Morgan fingerprint density at radius 2 is 1.94 bits per heavy atom. The number of rotatable bonds is 4. The molecule has 1 aliphatic heterocycles. The summed E-state index contributed by atoms with van der Waals surface area (Å²) in [5.41, 5.74) is 3.83. The number of pyridine rings is 1. The van der Waals surface area contributed by atoms with Gasteiger partial charge in [0.05, 0.1) is 17.0 Å². The molecule has 8 heteroatoms.